The molecule has 0 saturated carbocycles. The van der Waals surface area contributed by atoms with Gasteiger partial charge < -0.3 is 18.6 Å². The quantitative estimate of drug-likeness (QED) is 0.235. The SMILES string of the molecule is CC(C)(C)O[Si](OCC(NC(=O)C(F)(F)F)C(O[Si](C)(C)C(C)(C)C)c1ccccc1)(c1ccccc1)c1ccccc1. The number of alkyl halides is 3. The number of amides is 1. The van der Waals surface area contributed by atoms with Crippen LogP contribution >= 0.6 is 0 Å². The Morgan fingerprint density at radius 1 is 0.767 bits per heavy atom. The summed E-state index contributed by atoms with van der Waals surface area (Å²) in [7, 11) is -6.12. The van der Waals surface area contributed by atoms with Gasteiger partial charge in [0.05, 0.1) is 24.4 Å². The maximum absolute atomic E-state index is 13.7. The first-order valence-electron chi connectivity index (χ1n) is 14.4. The van der Waals surface area contributed by atoms with Gasteiger partial charge in [0.15, 0.2) is 8.32 Å². The van der Waals surface area contributed by atoms with Crippen LogP contribution in [0.5, 0.6) is 0 Å². The summed E-state index contributed by atoms with van der Waals surface area (Å²) in [5, 5.41) is 3.58. The van der Waals surface area contributed by atoms with E-state index in [0.29, 0.717) is 5.56 Å². The minimum absolute atomic E-state index is 0.249. The molecule has 0 fully saturated rings. The lowest BCUT2D eigenvalue weighted by Gasteiger charge is -2.43. The summed E-state index contributed by atoms with van der Waals surface area (Å²) in [6.45, 7) is 15.7. The lowest BCUT2D eigenvalue weighted by atomic mass is 10.0. The van der Waals surface area contributed by atoms with Crippen LogP contribution in [0, 0.1) is 0 Å². The summed E-state index contributed by atoms with van der Waals surface area (Å²) in [4.78, 5) is 12.5. The molecule has 0 aliphatic heterocycles. The Kier molecular flexibility index (Phi) is 10.9. The summed E-state index contributed by atoms with van der Waals surface area (Å²) in [6, 6.07) is 26.8. The molecule has 3 rings (SSSR count). The molecule has 0 heterocycles. The molecule has 234 valence electrons. The van der Waals surface area contributed by atoms with Crippen molar-refractivity contribution in [2.24, 2.45) is 0 Å². The number of benzene rings is 3. The van der Waals surface area contributed by atoms with Crippen LogP contribution in [-0.2, 0) is 18.1 Å². The van der Waals surface area contributed by atoms with E-state index in [1.54, 1.807) is 24.3 Å². The summed E-state index contributed by atoms with van der Waals surface area (Å²) in [5.41, 5.74) is -0.0224. The summed E-state index contributed by atoms with van der Waals surface area (Å²) >= 11 is 0. The van der Waals surface area contributed by atoms with Gasteiger partial charge in [-0.3, -0.25) is 4.79 Å². The van der Waals surface area contributed by atoms with Crippen LogP contribution in [0.4, 0.5) is 13.2 Å². The first-order valence-corrected chi connectivity index (χ1v) is 19.1. The summed E-state index contributed by atoms with van der Waals surface area (Å²) < 4.78 is 61.6. The second-order valence-electron chi connectivity index (χ2n) is 13.2. The molecular weight excluding hydrogens is 588 g/mol. The van der Waals surface area contributed by atoms with Gasteiger partial charge in [-0.2, -0.15) is 13.2 Å². The van der Waals surface area contributed by atoms with Crippen molar-refractivity contribution in [3.63, 3.8) is 0 Å². The molecule has 0 aliphatic carbocycles. The van der Waals surface area contributed by atoms with Crippen LogP contribution in [0.25, 0.3) is 0 Å². The molecule has 43 heavy (non-hydrogen) atoms. The first kappa shape index (κ1) is 34.7. The number of nitrogens with one attached hydrogen (secondary N) is 1. The Balaban J connectivity index is 2.19. The van der Waals surface area contributed by atoms with Gasteiger partial charge in [0, 0.05) is 0 Å². The lowest BCUT2D eigenvalue weighted by Crippen LogP contribution is -2.67. The molecule has 0 aliphatic rings. The minimum Gasteiger partial charge on any atom is -0.408 e. The zero-order chi connectivity index (χ0) is 32.1. The molecule has 0 radical (unpaired) electrons. The second-order valence-corrected chi connectivity index (χ2v) is 20.8. The van der Waals surface area contributed by atoms with Gasteiger partial charge in [-0.15, -0.1) is 0 Å². The molecule has 3 aromatic rings. The van der Waals surface area contributed by atoms with Gasteiger partial charge in [-0.1, -0.05) is 112 Å². The topological polar surface area (TPSA) is 56.8 Å². The molecule has 10 heteroatoms. The molecule has 0 bridgehead atoms. The number of rotatable bonds is 11. The highest BCUT2D eigenvalue weighted by Gasteiger charge is 2.49. The fourth-order valence-corrected chi connectivity index (χ4v) is 9.20. The van der Waals surface area contributed by atoms with Crippen LogP contribution in [-0.4, -0.2) is 47.2 Å². The molecule has 0 aromatic heterocycles. The molecule has 2 atom stereocenters. The Hall–Kier alpha value is -2.77. The summed E-state index contributed by atoms with van der Waals surface area (Å²) in [6.07, 6.45) is -6.01. The average Bonchev–Trinajstić information content (AvgIpc) is 2.93. The van der Waals surface area contributed by atoms with Crippen molar-refractivity contribution in [3.8, 4) is 0 Å². The van der Waals surface area contributed by atoms with E-state index in [1.165, 1.54) is 0 Å². The molecule has 5 nitrogen and oxygen atoms in total. The fourth-order valence-electron chi connectivity index (χ4n) is 4.41. The van der Waals surface area contributed by atoms with Crippen LogP contribution in [0.15, 0.2) is 91.0 Å². The Bertz CT molecular complexity index is 1270. The highest BCUT2D eigenvalue weighted by Crippen LogP contribution is 2.41. The zero-order valence-corrected chi connectivity index (χ0v) is 28.3. The van der Waals surface area contributed by atoms with Crippen molar-refractivity contribution in [3.05, 3.63) is 96.6 Å². The summed E-state index contributed by atoms with van der Waals surface area (Å²) in [5.74, 6) is -2.05. The molecule has 1 N–H and O–H groups in total. The van der Waals surface area contributed by atoms with E-state index in [2.05, 4.69) is 26.1 Å². The normalized spacial score (nSPS) is 14.7. The smallest absolute Gasteiger partial charge is 0.408 e. The third-order valence-electron chi connectivity index (χ3n) is 7.52. The maximum Gasteiger partial charge on any atom is 0.471 e. The predicted molar refractivity (Wildman–Crippen MR) is 170 cm³/mol. The third kappa shape index (κ3) is 9.12. The van der Waals surface area contributed by atoms with E-state index in [0.717, 1.165) is 10.4 Å². The van der Waals surface area contributed by atoms with Crippen LogP contribution in [0.3, 0.4) is 0 Å². The van der Waals surface area contributed by atoms with Gasteiger partial charge in [0.2, 0.25) is 0 Å². The average molecular weight is 632 g/mol. The van der Waals surface area contributed by atoms with E-state index in [1.807, 2.05) is 101 Å². The van der Waals surface area contributed by atoms with Gasteiger partial charge in [0.1, 0.15) is 0 Å². The molecule has 1 amide bonds. The fraction of sp³-hybridized carbons (Fsp3) is 0.424. The Labute approximate surface area is 256 Å². The monoisotopic (exact) mass is 631 g/mol. The van der Waals surface area contributed by atoms with Gasteiger partial charge >= 0.3 is 20.6 Å². The molecule has 2 unspecified atom stereocenters. The largest absolute Gasteiger partial charge is 0.471 e. The van der Waals surface area contributed by atoms with Gasteiger partial charge in [-0.25, -0.2) is 0 Å². The van der Waals surface area contributed by atoms with Gasteiger partial charge in [0.25, 0.3) is 0 Å². The minimum atomic E-state index is -5.09. The van der Waals surface area contributed by atoms with Crippen LogP contribution in [0.1, 0.15) is 53.2 Å². The molecule has 0 saturated heterocycles. The van der Waals surface area contributed by atoms with E-state index in [4.69, 9.17) is 13.3 Å². The molecule has 0 spiro atoms. The van der Waals surface area contributed by atoms with Crippen molar-refractivity contribution >= 4 is 33.2 Å². The predicted octanol–water partition coefficient (Wildman–Crippen LogP) is 6.88. The maximum atomic E-state index is 13.7. The molecular formula is C33H44F3NO4Si2. The highest BCUT2D eigenvalue weighted by molar-refractivity contribution is 6.92. The van der Waals surface area contributed by atoms with Gasteiger partial charge in [-0.05, 0) is 54.8 Å². The lowest BCUT2D eigenvalue weighted by molar-refractivity contribution is -0.175. The van der Waals surface area contributed by atoms with Crippen molar-refractivity contribution in [2.75, 3.05) is 6.61 Å². The first-order chi connectivity index (χ1) is 19.9. The Morgan fingerprint density at radius 3 is 1.60 bits per heavy atom. The van der Waals surface area contributed by atoms with E-state index in [-0.39, 0.29) is 11.6 Å². The van der Waals surface area contributed by atoms with E-state index in [9.17, 15) is 18.0 Å². The highest BCUT2D eigenvalue weighted by atomic mass is 28.4. The van der Waals surface area contributed by atoms with Crippen LogP contribution < -0.4 is 15.7 Å². The van der Waals surface area contributed by atoms with Crippen molar-refractivity contribution in [1.29, 1.82) is 0 Å². The van der Waals surface area contributed by atoms with Crippen molar-refractivity contribution in [1.82, 2.24) is 5.32 Å². The number of halogens is 3. The van der Waals surface area contributed by atoms with Crippen molar-refractivity contribution < 1.29 is 31.2 Å². The number of hydrogen-bond acceptors (Lipinski definition) is 4. The zero-order valence-electron chi connectivity index (χ0n) is 26.3. The van der Waals surface area contributed by atoms with E-state index < -0.39 is 46.7 Å². The third-order valence-corrected chi connectivity index (χ3v) is 15.6. The number of carbonyl (C=O) groups is 1. The molecule has 3 aromatic carbocycles. The van der Waals surface area contributed by atoms with Crippen LogP contribution in [0.2, 0.25) is 18.1 Å². The van der Waals surface area contributed by atoms with E-state index >= 15 is 0 Å². The number of carbonyl (C=O) groups excluding carboxylic acids is 1. The van der Waals surface area contributed by atoms with Crippen molar-refractivity contribution in [2.45, 2.75) is 83.6 Å². The number of hydrogen-bond donors (Lipinski definition) is 1. The second kappa shape index (κ2) is 13.5. The Morgan fingerprint density at radius 2 is 1.21 bits per heavy atom. The standard InChI is InChI=1S/C33H44F3NO4Si2/c1-31(2,3)41-43(26-20-14-10-15-21-26,27-22-16-11-17-23-27)39-24-28(37-30(38)33(34,35)36)29(25-18-12-9-13-19-25)40-42(7,8)32(4,5)6/h9-23,28-29H,24H2,1-8H3,(H,37,38).